The summed E-state index contributed by atoms with van der Waals surface area (Å²) in [5.41, 5.74) is 0. The number of unbranched alkanes of at least 4 members (excludes halogenated alkanes) is 9. The Morgan fingerprint density at radius 2 is 0.629 bits per heavy atom. The molecule has 0 spiro atoms. The average molecular weight is 962 g/mol. The van der Waals surface area contributed by atoms with Crippen LogP contribution >= 0.6 is 0 Å². The normalized spacial score (nSPS) is 13.6. The minimum Gasteiger partial charge on any atom is -0.462 e. The monoisotopic (exact) mass is 961 g/mol. The SMILES string of the molecule is CC/C=C\C/C=C\C/C=C\C/C=C\C/C=C\C/C=C\CCC(=O)OCC(COCCCC/C=C\C/C=C\C/C=C\C/C=C\C/C=C\CC)OC(=O)CCCCCCCCC/C=C\C/C=C\C/C=C\CC. The first-order chi connectivity index (χ1) is 34.6. The lowest BCUT2D eigenvalue weighted by molar-refractivity contribution is -0.162. The number of allylic oxidation sites excluding steroid dienone is 28. The molecule has 1 unspecified atom stereocenters. The van der Waals surface area contributed by atoms with E-state index >= 15 is 0 Å². The number of carbonyl (C=O) groups is 2. The summed E-state index contributed by atoms with van der Waals surface area (Å²) in [7, 11) is 0. The molecule has 0 fully saturated rings. The average Bonchev–Trinajstić information content (AvgIpc) is 3.36. The number of ether oxygens (including phenoxy) is 3. The molecule has 0 bridgehead atoms. The van der Waals surface area contributed by atoms with Crippen molar-refractivity contribution in [1.82, 2.24) is 0 Å². The second-order valence-corrected chi connectivity index (χ2v) is 17.3. The molecule has 0 aromatic rings. The smallest absolute Gasteiger partial charge is 0.306 e. The lowest BCUT2D eigenvalue weighted by Gasteiger charge is -2.18. The topological polar surface area (TPSA) is 61.8 Å². The van der Waals surface area contributed by atoms with E-state index in [2.05, 4.69) is 185 Å². The predicted octanol–water partition coefficient (Wildman–Crippen LogP) is 19.2. The highest BCUT2D eigenvalue weighted by Crippen LogP contribution is 2.12. The molecule has 0 aliphatic heterocycles. The van der Waals surface area contributed by atoms with Crippen LogP contribution in [-0.4, -0.2) is 37.9 Å². The van der Waals surface area contributed by atoms with Crippen molar-refractivity contribution in [3.05, 3.63) is 170 Å². The molecule has 390 valence electrons. The van der Waals surface area contributed by atoms with Gasteiger partial charge >= 0.3 is 11.9 Å². The van der Waals surface area contributed by atoms with E-state index in [1.54, 1.807) is 0 Å². The van der Waals surface area contributed by atoms with Crippen LogP contribution in [0.5, 0.6) is 0 Å². The molecule has 5 nitrogen and oxygen atoms in total. The van der Waals surface area contributed by atoms with Gasteiger partial charge in [0.15, 0.2) is 6.10 Å². The van der Waals surface area contributed by atoms with Crippen LogP contribution in [0.25, 0.3) is 0 Å². The Morgan fingerprint density at radius 1 is 0.314 bits per heavy atom. The van der Waals surface area contributed by atoms with Gasteiger partial charge in [0.25, 0.3) is 0 Å². The lowest BCUT2D eigenvalue weighted by Crippen LogP contribution is -2.30. The quantitative estimate of drug-likeness (QED) is 0.0345. The molecule has 0 saturated carbocycles. The van der Waals surface area contributed by atoms with Crippen molar-refractivity contribution in [3.8, 4) is 0 Å². The highest BCUT2D eigenvalue weighted by atomic mass is 16.6. The van der Waals surface area contributed by atoms with Crippen LogP contribution in [0.2, 0.25) is 0 Å². The maximum atomic E-state index is 12.9. The second-order valence-electron chi connectivity index (χ2n) is 17.3. The zero-order valence-corrected chi connectivity index (χ0v) is 44.7. The fourth-order valence-corrected chi connectivity index (χ4v) is 6.75. The Labute approximate surface area is 430 Å². The van der Waals surface area contributed by atoms with E-state index in [4.69, 9.17) is 14.2 Å². The minimum absolute atomic E-state index is 0.0108. The van der Waals surface area contributed by atoms with Crippen LogP contribution < -0.4 is 0 Å². The van der Waals surface area contributed by atoms with E-state index < -0.39 is 6.10 Å². The van der Waals surface area contributed by atoms with Crippen molar-refractivity contribution in [2.45, 2.75) is 207 Å². The third kappa shape index (κ3) is 55.9. The Morgan fingerprint density at radius 3 is 1.01 bits per heavy atom. The van der Waals surface area contributed by atoms with E-state index in [0.29, 0.717) is 19.4 Å². The van der Waals surface area contributed by atoms with Gasteiger partial charge in [0.1, 0.15) is 6.61 Å². The summed E-state index contributed by atoms with van der Waals surface area (Å²) in [6.45, 7) is 7.27. The highest BCUT2D eigenvalue weighted by Gasteiger charge is 2.17. The van der Waals surface area contributed by atoms with E-state index in [9.17, 15) is 9.59 Å². The van der Waals surface area contributed by atoms with Crippen LogP contribution in [0.3, 0.4) is 0 Å². The van der Waals surface area contributed by atoms with Gasteiger partial charge < -0.3 is 14.2 Å². The van der Waals surface area contributed by atoms with E-state index in [1.807, 2.05) is 6.08 Å². The summed E-state index contributed by atoms with van der Waals surface area (Å²) in [6.07, 6.45) is 88.1. The Bertz CT molecular complexity index is 1600. The van der Waals surface area contributed by atoms with Crippen molar-refractivity contribution in [2.75, 3.05) is 19.8 Å². The van der Waals surface area contributed by atoms with Crippen molar-refractivity contribution in [3.63, 3.8) is 0 Å². The van der Waals surface area contributed by atoms with Crippen molar-refractivity contribution < 1.29 is 23.8 Å². The Balaban J connectivity index is 4.54. The van der Waals surface area contributed by atoms with Crippen LogP contribution in [0.1, 0.15) is 201 Å². The summed E-state index contributed by atoms with van der Waals surface area (Å²) in [6, 6.07) is 0. The number of hydrogen-bond acceptors (Lipinski definition) is 5. The van der Waals surface area contributed by atoms with Gasteiger partial charge in [-0.3, -0.25) is 9.59 Å². The molecule has 0 aromatic carbocycles. The van der Waals surface area contributed by atoms with Gasteiger partial charge in [-0.15, -0.1) is 0 Å². The van der Waals surface area contributed by atoms with Gasteiger partial charge in [0, 0.05) is 19.4 Å². The summed E-state index contributed by atoms with van der Waals surface area (Å²) >= 11 is 0. The van der Waals surface area contributed by atoms with E-state index in [-0.39, 0.29) is 31.6 Å². The molecule has 0 saturated heterocycles. The molecule has 0 N–H and O–H groups in total. The highest BCUT2D eigenvalue weighted by molar-refractivity contribution is 5.70. The van der Waals surface area contributed by atoms with Crippen molar-refractivity contribution >= 4 is 11.9 Å². The molecule has 0 heterocycles. The zero-order chi connectivity index (χ0) is 50.6. The second kappa shape index (κ2) is 58.6. The minimum atomic E-state index is -0.610. The largest absolute Gasteiger partial charge is 0.462 e. The third-order valence-corrected chi connectivity index (χ3v) is 10.7. The molecule has 5 heteroatoms. The summed E-state index contributed by atoms with van der Waals surface area (Å²) in [5.74, 6) is -0.545. The van der Waals surface area contributed by atoms with Crippen molar-refractivity contribution in [2.24, 2.45) is 0 Å². The zero-order valence-electron chi connectivity index (χ0n) is 44.7. The predicted molar refractivity (Wildman–Crippen MR) is 306 cm³/mol. The van der Waals surface area contributed by atoms with Gasteiger partial charge in [-0.25, -0.2) is 0 Å². The molecule has 0 radical (unpaired) electrons. The molecular weight excluding hydrogens is 861 g/mol. The third-order valence-electron chi connectivity index (χ3n) is 10.7. The molecule has 0 rings (SSSR count). The lowest BCUT2D eigenvalue weighted by atomic mass is 10.1. The van der Waals surface area contributed by atoms with Crippen molar-refractivity contribution in [1.29, 1.82) is 0 Å². The van der Waals surface area contributed by atoms with Crippen LogP contribution in [0.15, 0.2) is 170 Å². The van der Waals surface area contributed by atoms with Gasteiger partial charge in [-0.05, 0) is 135 Å². The first kappa shape index (κ1) is 65.3. The van der Waals surface area contributed by atoms with Gasteiger partial charge in [0.2, 0.25) is 0 Å². The first-order valence-corrected chi connectivity index (χ1v) is 27.7. The van der Waals surface area contributed by atoms with Gasteiger partial charge in [-0.2, -0.15) is 0 Å². The molecular formula is C65H100O5. The molecule has 0 aliphatic rings. The Kier molecular flexibility index (Phi) is 54.6. The van der Waals surface area contributed by atoms with Crippen LogP contribution in [-0.2, 0) is 23.8 Å². The van der Waals surface area contributed by atoms with E-state index in [1.165, 1.54) is 25.7 Å². The number of hydrogen-bond donors (Lipinski definition) is 0. The molecule has 0 aliphatic carbocycles. The summed E-state index contributed by atoms with van der Waals surface area (Å²) < 4.78 is 17.3. The first-order valence-electron chi connectivity index (χ1n) is 27.7. The fourth-order valence-electron chi connectivity index (χ4n) is 6.75. The standard InChI is InChI=1S/C65H100O5/c1-4-7-10-13-16-19-22-25-28-31-33-35-37-40-43-46-49-52-55-58-64(66)69-62-63(61-68-60-57-54-51-48-45-42-39-36-32-29-26-23-20-17-14-11-8-5-2)70-65(67)59-56-53-50-47-44-41-38-34-30-27-24-21-18-15-12-9-6-3/h7-12,16-21,25-30,33,35-36,39-40,43,45,48-49,52,63H,4-6,13-15,22-24,31-32,34,37-38,41-42,44,46-47,50-51,53-62H2,1-3H3/b10-7-,11-8-,12-9-,19-16-,20-17-,21-18-,28-25-,29-26-,30-27-,35-33-,39-36-,43-40-,48-45-,52-49-. The maximum absolute atomic E-state index is 12.9. The number of rotatable bonds is 48. The van der Waals surface area contributed by atoms with Crippen LogP contribution in [0, 0.1) is 0 Å². The molecule has 1 atom stereocenters. The summed E-state index contributed by atoms with van der Waals surface area (Å²) in [4.78, 5) is 25.5. The van der Waals surface area contributed by atoms with Gasteiger partial charge in [-0.1, -0.05) is 223 Å². The van der Waals surface area contributed by atoms with Crippen LogP contribution in [0.4, 0.5) is 0 Å². The number of esters is 2. The van der Waals surface area contributed by atoms with E-state index in [0.717, 1.165) is 135 Å². The fraction of sp³-hybridized carbons (Fsp3) is 0.538. The number of carbonyl (C=O) groups excluding carboxylic acids is 2. The molecule has 0 amide bonds. The molecule has 0 aromatic heterocycles. The van der Waals surface area contributed by atoms with Gasteiger partial charge in [0.05, 0.1) is 6.61 Å². The Hall–Kier alpha value is -4.74. The maximum Gasteiger partial charge on any atom is 0.306 e. The molecule has 70 heavy (non-hydrogen) atoms. The summed E-state index contributed by atoms with van der Waals surface area (Å²) in [5, 5.41) is 0.